The maximum atomic E-state index is 12.2. The van der Waals surface area contributed by atoms with Crippen molar-refractivity contribution < 1.29 is 9.53 Å². The third-order valence-electron chi connectivity index (χ3n) is 2.57. The van der Waals surface area contributed by atoms with E-state index < -0.39 is 0 Å². The van der Waals surface area contributed by atoms with E-state index in [2.05, 4.69) is 37.2 Å². The summed E-state index contributed by atoms with van der Waals surface area (Å²) in [6.07, 6.45) is 0. The monoisotopic (exact) mass is 417 g/mol. The highest BCUT2D eigenvalue weighted by molar-refractivity contribution is 9.10. The molecule has 0 heterocycles. The van der Waals surface area contributed by atoms with Gasteiger partial charge >= 0.3 is 0 Å². The Morgan fingerprint density at radius 1 is 1.20 bits per heavy atom. The summed E-state index contributed by atoms with van der Waals surface area (Å²) < 4.78 is 6.85. The Morgan fingerprint density at radius 3 is 2.45 bits per heavy atom. The van der Waals surface area contributed by atoms with Crippen molar-refractivity contribution in [1.82, 2.24) is 0 Å². The third kappa shape index (κ3) is 3.53. The molecule has 2 aromatic carbocycles. The fourth-order valence-corrected chi connectivity index (χ4v) is 2.89. The molecule has 0 aliphatic heterocycles. The summed E-state index contributed by atoms with van der Waals surface area (Å²) in [5, 5.41) is 3.29. The second-order valence-electron chi connectivity index (χ2n) is 3.93. The summed E-state index contributed by atoms with van der Waals surface area (Å²) in [5.41, 5.74) is 1.06. The van der Waals surface area contributed by atoms with Crippen LogP contribution in [-0.4, -0.2) is 13.0 Å². The molecule has 6 heteroatoms. The van der Waals surface area contributed by atoms with Crippen molar-refractivity contribution in [3.63, 3.8) is 0 Å². The molecule has 0 bridgehead atoms. The Kier molecular flexibility index (Phi) is 5.07. The predicted octanol–water partition coefficient (Wildman–Crippen LogP) is 5.13. The molecule has 0 saturated carbocycles. The van der Waals surface area contributed by atoms with Gasteiger partial charge in [0.25, 0.3) is 5.91 Å². The van der Waals surface area contributed by atoms with Crippen LogP contribution in [0.4, 0.5) is 5.69 Å². The molecule has 0 atom stereocenters. The van der Waals surface area contributed by atoms with Crippen LogP contribution in [0.1, 0.15) is 10.4 Å². The minimum absolute atomic E-state index is 0.232. The number of nitrogens with one attached hydrogen (secondary N) is 1. The Labute approximate surface area is 138 Å². The molecule has 1 N–H and O–H groups in total. The molecule has 0 fully saturated rings. The van der Waals surface area contributed by atoms with Gasteiger partial charge in [0.1, 0.15) is 0 Å². The van der Waals surface area contributed by atoms with Gasteiger partial charge in [-0.2, -0.15) is 0 Å². The lowest BCUT2D eigenvalue weighted by molar-refractivity contribution is 0.102. The second kappa shape index (κ2) is 6.61. The number of benzene rings is 2. The van der Waals surface area contributed by atoms with Crippen molar-refractivity contribution in [3.8, 4) is 5.75 Å². The van der Waals surface area contributed by atoms with E-state index in [1.807, 2.05) is 0 Å². The maximum Gasteiger partial charge on any atom is 0.255 e. The van der Waals surface area contributed by atoms with Gasteiger partial charge in [-0.1, -0.05) is 27.5 Å². The summed E-state index contributed by atoms with van der Waals surface area (Å²) in [6, 6.07) is 10.4. The maximum absolute atomic E-state index is 12.2. The second-order valence-corrected chi connectivity index (χ2v) is 6.14. The van der Waals surface area contributed by atoms with E-state index in [9.17, 15) is 4.79 Å². The van der Waals surface area contributed by atoms with Crippen LogP contribution < -0.4 is 10.1 Å². The summed E-state index contributed by atoms with van der Waals surface area (Å²) in [4.78, 5) is 12.2. The zero-order valence-corrected chi connectivity index (χ0v) is 14.3. The van der Waals surface area contributed by atoms with Crippen molar-refractivity contribution in [2.75, 3.05) is 12.4 Å². The quantitative estimate of drug-likeness (QED) is 0.749. The van der Waals surface area contributed by atoms with E-state index >= 15 is 0 Å². The number of carbonyl (C=O) groups is 1. The molecular weight excluding hydrogens is 409 g/mol. The average Bonchev–Trinajstić information content (AvgIpc) is 2.39. The lowest BCUT2D eigenvalue weighted by atomic mass is 10.2. The molecule has 0 spiro atoms. The minimum Gasteiger partial charge on any atom is -0.493 e. The molecule has 1 amide bonds. The molecule has 0 aliphatic carbocycles. The lowest BCUT2D eigenvalue weighted by Gasteiger charge is -2.12. The van der Waals surface area contributed by atoms with E-state index in [4.69, 9.17) is 16.3 Å². The van der Waals surface area contributed by atoms with Crippen LogP contribution in [0.15, 0.2) is 45.3 Å². The number of halogens is 3. The van der Waals surface area contributed by atoms with E-state index in [0.29, 0.717) is 26.5 Å². The zero-order valence-electron chi connectivity index (χ0n) is 10.4. The molecule has 0 aromatic heterocycles. The van der Waals surface area contributed by atoms with Crippen molar-refractivity contribution in [2.45, 2.75) is 0 Å². The average molecular weight is 420 g/mol. The molecule has 2 aromatic rings. The Morgan fingerprint density at radius 2 is 1.85 bits per heavy atom. The Balaban J connectivity index is 2.30. The molecule has 0 unspecified atom stereocenters. The first-order valence-corrected chi connectivity index (χ1v) is 7.57. The lowest BCUT2D eigenvalue weighted by Crippen LogP contribution is -2.12. The van der Waals surface area contributed by atoms with Gasteiger partial charge in [-0.25, -0.2) is 0 Å². The van der Waals surface area contributed by atoms with E-state index in [0.717, 1.165) is 4.47 Å². The highest BCUT2D eigenvalue weighted by Gasteiger charge is 2.13. The van der Waals surface area contributed by atoms with E-state index in [1.54, 1.807) is 36.4 Å². The topological polar surface area (TPSA) is 38.3 Å². The highest BCUT2D eigenvalue weighted by Crippen LogP contribution is 2.36. The van der Waals surface area contributed by atoms with Gasteiger partial charge in [-0.05, 0) is 52.3 Å². The molecule has 0 saturated heterocycles. The van der Waals surface area contributed by atoms with Gasteiger partial charge in [0.05, 0.1) is 17.3 Å². The van der Waals surface area contributed by atoms with Crippen molar-refractivity contribution in [1.29, 1.82) is 0 Å². The van der Waals surface area contributed by atoms with Gasteiger partial charge in [0.2, 0.25) is 0 Å². The third-order valence-corrected chi connectivity index (χ3v) is 3.90. The van der Waals surface area contributed by atoms with Crippen LogP contribution in [0.2, 0.25) is 5.02 Å². The number of amides is 1. The summed E-state index contributed by atoms with van der Waals surface area (Å²) in [6.45, 7) is 0. The fourth-order valence-electron chi connectivity index (χ4n) is 1.66. The number of rotatable bonds is 3. The number of ether oxygens (including phenoxy) is 1. The van der Waals surface area contributed by atoms with Crippen LogP contribution in [0.5, 0.6) is 5.75 Å². The predicted molar refractivity (Wildman–Crippen MR) is 87.8 cm³/mol. The van der Waals surface area contributed by atoms with Gasteiger partial charge in [-0.15, -0.1) is 0 Å². The molecule has 104 valence electrons. The summed E-state index contributed by atoms with van der Waals surface area (Å²) in [5.74, 6) is 0.296. The number of hydrogen-bond acceptors (Lipinski definition) is 2. The highest BCUT2D eigenvalue weighted by atomic mass is 79.9. The van der Waals surface area contributed by atoms with Gasteiger partial charge in [0, 0.05) is 15.1 Å². The number of hydrogen-bond donors (Lipinski definition) is 1. The van der Waals surface area contributed by atoms with Crippen LogP contribution >= 0.6 is 43.5 Å². The molecule has 2 rings (SSSR count). The van der Waals surface area contributed by atoms with Crippen LogP contribution in [-0.2, 0) is 0 Å². The smallest absolute Gasteiger partial charge is 0.255 e. The molecule has 0 aliphatic rings. The van der Waals surface area contributed by atoms with E-state index in [1.165, 1.54) is 7.11 Å². The van der Waals surface area contributed by atoms with Crippen molar-refractivity contribution in [3.05, 3.63) is 55.9 Å². The normalized spacial score (nSPS) is 10.2. The van der Waals surface area contributed by atoms with Crippen molar-refractivity contribution in [2.24, 2.45) is 0 Å². The number of methoxy groups -OCH3 is 1. The zero-order chi connectivity index (χ0) is 14.7. The standard InChI is InChI=1S/C14H10Br2ClNO2/c1-20-13-11(16)6-10(17)7-12(13)18-14(19)8-2-4-9(15)5-3-8/h2-7H,1H3,(H,18,19). The van der Waals surface area contributed by atoms with Crippen LogP contribution in [0.3, 0.4) is 0 Å². The summed E-state index contributed by atoms with van der Waals surface area (Å²) >= 11 is 12.7. The Bertz CT molecular complexity index is 644. The first kappa shape index (κ1) is 15.4. The van der Waals surface area contributed by atoms with Gasteiger partial charge in [0.15, 0.2) is 5.75 Å². The fraction of sp³-hybridized carbons (Fsp3) is 0.0714. The molecule has 3 nitrogen and oxygen atoms in total. The van der Waals surface area contributed by atoms with Crippen molar-refractivity contribution >= 4 is 55.1 Å². The molecule has 0 radical (unpaired) electrons. The molecule has 20 heavy (non-hydrogen) atoms. The first-order chi connectivity index (χ1) is 9.51. The summed E-state index contributed by atoms with van der Waals surface area (Å²) in [7, 11) is 1.53. The molecular formula is C14H10Br2ClNO2. The minimum atomic E-state index is -0.232. The van der Waals surface area contributed by atoms with E-state index in [-0.39, 0.29) is 5.91 Å². The van der Waals surface area contributed by atoms with Crippen LogP contribution in [0.25, 0.3) is 0 Å². The largest absolute Gasteiger partial charge is 0.493 e. The van der Waals surface area contributed by atoms with Gasteiger partial charge < -0.3 is 10.1 Å². The SMILES string of the molecule is COc1c(Br)cc(Cl)cc1NC(=O)c1ccc(Br)cc1. The van der Waals surface area contributed by atoms with Crippen LogP contribution in [0, 0.1) is 0 Å². The Hall–Kier alpha value is -1.04. The number of anilines is 1. The van der Waals surface area contributed by atoms with Gasteiger partial charge in [-0.3, -0.25) is 4.79 Å². The first-order valence-electron chi connectivity index (χ1n) is 5.61. The number of carbonyl (C=O) groups excluding carboxylic acids is 1.